The van der Waals surface area contributed by atoms with Crippen molar-refractivity contribution in [2.45, 2.75) is 12.3 Å². The lowest BCUT2D eigenvalue weighted by atomic mass is 10.4. The maximum atomic E-state index is 11.5. The molecule has 0 aromatic carbocycles. The molecule has 16 heavy (non-hydrogen) atoms. The highest BCUT2D eigenvalue weighted by Gasteiger charge is 2.24. The fourth-order valence-electron chi connectivity index (χ4n) is 1.48. The summed E-state index contributed by atoms with van der Waals surface area (Å²) in [5.41, 5.74) is -0.955. The summed E-state index contributed by atoms with van der Waals surface area (Å²) in [5, 5.41) is 0. The van der Waals surface area contributed by atoms with Gasteiger partial charge < -0.3 is 9.47 Å². The van der Waals surface area contributed by atoms with E-state index in [1.807, 2.05) is 0 Å². The van der Waals surface area contributed by atoms with Gasteiger partial charge >= 0.3 is 5.69 Å². The van der Waals surface area contributed by atoms with E-state index in [0.29, 0.717) is 12.5 Å². The predicted octanol–water partition coefficient (Wildman–Crippen LogP) is -0.311. The van der Waals surface area contributed by atoms with Crippen LogP contribution in [-0.4, -0.2) is 34.7 Å². The Bertz CT molecular complexity index is 469. The highest BCUT2D eigenvalue weighted by atomic mass is 35.5. The number of rotatable bonds is 2. The van der Waals surface area contributed by atoms with Gasteiger partial charge in [0.25, 0.3) is 5.56 Å². The molecule has 1 aliphatic heterocycles. The standard InChI is InChI=1S/C9H11ClN2O4/c10-3-6-4-15-5-8(16-6)12-2-1-7(13)11-9(12)14/h1-2,6,8H,3-5H2,(H,11,13,14)/t6-,8+/m0/s1. The molecule has 1 fully saturated rings. The molecule has 0 bridgehead atoms. The van der Waals surface area contributed by atoms with Gasteiger partial charge in [-0.25, -0.2) is 4.79 Å². The van der Waals surface area contributed by atoms with Gasteiger partial charge in [-0.15, -0.1) is 11.6 Å². The van der Waals surface area contributed by atoms with Crippen LogP contribution in [0.5, 0.6) is 0 Å². The third kappa shape index (κ3) is 2.34. The highest BCUT2D eigenvalue weighted by Crippen LogP contribution is 2.16. The summed E-state index contributed by atoms with van der Waals surface area (Å²) < 4.78 is 12.1. The molecular formula is C9H11ClN2O4. The number of nitrogens with zero attached hydrogens (tertiary/aromatic N) is 1. The molecule has 2 atom stereocenters. The Kier molecular flexibility index (Phi) is 3.42. The summed E-state index contributed by atoms with van der Waals surface area (Å²) in [4.78, 5) is 24.5. The van der Waals surface area contributed by atoms with E-state index in [0.717, 1.165) is 0 Å². The molecule has 1 aromatic rings. The molecule has 0 spiro atoms. The monoisotopic (exact) mass is 246 g/mol. The van der Waals surface area contributed by atoms with Crippen molar-refractivity contribution in [1.82, 2.24) is 9.55 Å². The van der Waals surface area contributed by atoms with E-state index < -0.39 is 17.5 Å². The molecule has 1 N–H and O–H groups in total. The van der Waals surface area contributed by atoms with Crippen molar-refractivity contribution in [3.05, 3.63) is 33.1 Å². The van der Waals surface area contributed by atoms with E-state index >= 15 is 0 Å². The number of ether oxygens (including phenoxy) is 2. The average molecular weight is 247 g/mol. The molecule has 0 radical (unpaired) electrons. The summed E-state index contributed by atoms with van der Waals surface area (Å²) in [6.45, 7) is 0.678. The van der Waals surface area contributed by atoms with Gasteiger partial charge in [-0.05, 0) is 0 Å². The molecule has 6 nitrogen and oxygen atoms in total. The van der Waals surface area contributed by atoms with Crippen LogP contribution in [0.25, 0.3) is 0 Å². The number of alkyl halides is 1. The van der Waals surface area contributed by atoms with Gasteiger partial charge in [0.1, 0.15) is 0 Å². The van der Waals surface area contributed by atoms with Crippen molar-refractivity contribution in [2.24, 2.45) is 0 Å². The first-order chi connectivity index (χ1) is 7.70. The summed E-state index contributed by atoms with van der Waals surface area (Å²) in [7, 11) is 0. The van der Waals surface area contributed by atoms with Crippen LogP contribution in [0.1, 0.15) is 6.23 Å². The zero-order valence-electron chi connectivity index (χ0n) is 8.39. The number of H-pyrrole nitrogens is 1. The molecule has 0 amide bonds. The van der Waals surface area contributed by atoms with E-state index in [-0.39, 0.29) is 12.7 Å². The first kappa shape index (κ1) is 11.4. The molecule has 1 aromatic heterocycles. The van der Waals surface area contributed by atoms with E-state index in [2.05, 4.69) is 4.98 Å². The van der Waals surface area contributed by atoms with Crippen LogP contribution >= 0.6 is 11.6 Å². The van der Waals surface area contributed by atoms with Crippen LogP contribution in [0.2, 0.25) is 0 Å². The fourth-order valence-corrected chi connectivity index (χ4v) is 1.64. The minimum Gasteiger partial charge on any atom is -0.374 e. The topological polar surface area (TPSA) is 73.3 Å². The van der Waals surface area contributed by atoms with Crippen LogP contribution in [0.15, 0.2) is 21.9 Å². The Morgan fingerprint density at radius 2 is 2.31 bits per heavy atom. The van der Waals surface area contributed by atoms with E-state index in [9.17, 15) is 9.59 Å². The molecule has 2 rings (SSSR count). The first-order valence-corrected chi connectivity index (χ1v) is 5.35. The van der Waals surface area contributed by atoms with Crippen molar-refractivity contribution >= 4 is 11.6 Å². The first-order valence-electron chi connectivity index (χ1n) is 4.81. The zero-order chi connectivity index (χ0) is 11.5. The molecule has 2 heterocycles. The van der Waals surface area contributed by atoms with Gasteiger partial charge in [0.2, 0.25) is 0 Å². The van der Waals surface area contributed by atoms with Crippen LogP contribution < -0.4 is 11.2 Å². The Morgan fingerprint density at radius 3 is 3.00 bits per heavy atom. The molecule has 1 saturated heterocycles. The lowest BCUT2D eigenvalue weighted by molar-refractivity contribution is -0.161. The second-order valence-corrected chi connectivity index (χ2v) is 3.73. The largest absolute Gasteiger partial charge is 0.374 e. The molecule has 1 aliphatic rings. The number of hydrogen-bond acceptors (Lipinski definition) is 4. The van der Waals surface area contributed by atoms with Gasteiger partial charge in [-0.3, -0.25) is 14.3 Å². The van der Waals surface area contributed by atoms with Gasteiger partial charge in [0.15, 0.2) is 6.23 Å². The van der Waals surface area contributed by atoms with Gasteiger partial charge in [0, 0.05) is 12.3 Å². The Balaban J connectivity index is 2.23. The smallest absolute Gasteiger partial charge is 0.330 e. The van der Waals surface area contributed by atoms with E-state index in [1.165, 1.54) is 16.8 Å². The number of aromatic amines is 1. The third-order valence-electron chi connectivity index (χ3n) is 2.25. The number of hydrogen-bond donors (Lipinski definition) is 1. The Morgan fingerprint density at radius 1 is 1.50 bits per heavy atom. The molecule has 7 heteroatoms. The molecule has 0 saturated carbocycles. The Labute approximate surface area is 95.8 Å². The maximum Gasteiger partial charge on any atom is 0.330 e. The maximum absolute atomic E-state index is 11.5. The number of nitrogens with one attached hydrogen (secondary N) is 1. The molecule has 88 valence electrons. The normalized spacial score (nSPS) is 25.6. The summed E-state index contributed by atoms with van der Waals surface area (Å²) in [5.74, 6) is 0.300. The van der Waals surface area contributed by atoms with E-state index in [4.69, 9.17) is 21.1 Å². The Hall–Kier alpha value is -1.11. The zero-order valence-corrected chi connectivity index (χ0v) is 9.14. The van der Waals surface area contributed by atoms with Crippen molar-refractivity contribution in [3.63, 3.8) is 0 Å². The predicted molar refractivity (Wildman–Crippen MR) is 56.8 cm³/mol. The SMILES string of the molecule is O=c1ccn([C@H]2COC[C@H](CCl)O2)c(=O)[nH]1. The van der Waals surface area contributed by atoms with Crippen molar-refractivity contribution < 1.29 is 9.47 Å². The molecule has 0 aliphatic carbocycles. The average Bonchev–Trinajstić information content (AvgIpc) is 2.29. The second kappa shape index (κ2) is 4.82. The summed E-state index contributed by atoms with van der Waals surface area (Å²) in [6, 6.07) is 1.26. The second-order valence-electron chi connectivity index (χ2n) is 3.42. The van der Waals surface area contributed by atoms with Crippen LogP contribution in [-0.2, 0) is 9.47 Å². The summed E-state index contributed by atoms with van der Waals surface area (Å²) >= 11 is 5.65. The van der Waals surface area contributed by atoms with Crippen molar-refractivity contribution in [3.8, 4) is 0 Å². The van der Waals surface area contributed by atoms with Gasteiger partial charge in [0.05, 0.1) is 25.2 Å². The third-order valence-corrected chi connectivity index (χ3v) is 2.59. The van der Waals surface area contributed by atoms with Crippen LogP contribution in [0.3, 0.4) is 0 Å². The highest BCUT2D eigenvalue weighted by molar-refractivity contribution is 6.18. The molecule has 0 unspecified atom stereocenters. The minimum atomic E-state index is -0.540. The van der Waals surface area contributed by atoms with Crippen molar-refractivity contribution in [1.29, 1.82) is 0 Å². The minimum absolute atomic E-state index is 0.237. The lowest BCUT2D eigenvalue weighted by Crippen LogP contribution is -2.40. The lowest BCUT2D eigenvalue weighted by Gasteiger charge is -2.29. The van der Waals surface area contributed by atoms with Gasteiger partial charge in [-0.2, -0.15) is 0 Å². The van der Waals surface area contributed by atoms with Crippen LogP contribution in [0, 0.1) is 0 Å². The number of aromatic nitrogens is 2. The van der Waals surface area contributed by atoms with Gasteiger partial charge in [-0.1, -0.05) is 0 Å². The fraction of sp³-hybridized carbons (Fsp3) is 0.556. The summed E-state index contributed by atoms with van der Waals surface area (Å²) in [6.07, 6.45) is 0.604. The van der Waals surface area contributed by atoms with Crippen LogP contribution in [0.4, 0.5) is 0 Å². The van der Waals surface area contributed by atoms with Crippen molar-refractivity contribution in [2.75, 3.05) is 19.1 Å². The van der Waals surface area contributed by atoms with E-state index in [1.54, 1.807) is 0 Å². The quantitative estimate of drug-likeness (QED) is 0.727. The molecular weight excluding hydrogens is 236 g/mol. The number of halogens is 1.